The van der Waals surface area contributed by atoms with Crippen molar-refractivity contribution < 1.29 is 5.11 Å². The van der Waals surface area contributed by atoms with Gasteiger partial charge in [-0.05, 0) is 12.8 Å². The van der Waals surface area contributed by atoms with Crippen molar-refractivity contribution in [3.63, 3.8) is 0 Å². The number of nitrogens with zero attached hydrogens (tertiary/aromatic N) is 2. The van der Waals surface area contributed by atoms with Gasteiger partial charge in [-0.3, -0.25) is 0 Å². The molecule has 0 aliphatic heterocycles. The zero-order valence-electron chi connectivity index (χ0n) is 12.9. The maximum atomic E-state index is 9.59. The Morgan fingerprint density at radius 2 is 1.85 bits per heavy atom. The smallest absolute Gasteiger partial charge is 0.145 e. The van der Waals surface area contributed by atoms with Crippen LogP contribution in [0.3, 0.4) is 0 Å². The molecule has 6 nitrogen and oxygen atoms in total. The number of aliphatic hydroxyl groups excluding tert-OH is 1. The van der Waals surface area contributed by atoms with Gasteiger partial charge >= 0.3 is 0 Å². The van der Waals surface area contributed by atoms with Gasteiger partial charge in [0.15, 0.2) is 0 Å². The Morgan fingerprint density at radius 1 is 1.25 bits per heavy atom. The Labute approximate surface area is 121 Å². The van der Waals surface area contributed by atoms with Crippen LogP contribution in [0.5, 0.6) is 0 Å². The predicted octanol–water partition coefficient (Wildman–Crippen LogP) is 2.10. The summed E-state index contributed by atoms with van der Waals surface area (Å²) in [5.74, 6) is 7.73. The van der Waals surface area contributed by atoms with Crippen molar-refractivity contribution in [2.45, 2.75) is 46.5 Å². The van der Waals surface area contributed by atoms with Crippen LogP contribution in [0.25, 0.3) is 0 Å². The molecule has 0 amide bonds. The molecule has 1 heterocycles. The molecule has 1 aromatic heterocycles. The van der Waals surface area contributed by atoms with E-state index < -0.39 is 0 Å². The highest BCUT2D eigenvalue weighted by Crippen LogP contribution is 2.26. The first kappa shape index (κ1) is 16.7. The van der Waals surface area contributed by atoms with E-state index in [0.717, 1.165) is 24.5 Å². The number of rotatable bonds is 8. The fourth-order valence-corrected chi connectivity index (χ4v) is 1.95. The molecule has 1 rings (SSSR count). The second-order valence-electron chi connectivity index (χ2n) is 5.51. The van der Waals surface area contributed by atoms with Crippen LogP contribution < -0.4 is 16.6 Å². The van der Waals surface area contributed by atoms with Crippen LogP contribution in [-0.2, 0) is 0 Å². The van der Waals surface area contributed by atoms with Gasteiger partial charge in [-0.15, -0.1) is 0 Å². The number of aromatic nitrogens is 2. The fourth-order valence-electron chi connectivity index (χ4n) is 1.95. The molecule has 1 aromatic rings. The first-order valence-electron chi connectivity index (χ1n) is 7.20. The van der Waals surface area contributed by atoms with E-state index in [0.29, 0.717) is 12.4 Å². The van der Waals surface area contributed by atoms with Gasteiger partial charge in [0.1, 0.15) is 17.5 Å². The van der Waals surface area contributed by atoms with Crippen LogP contribution >= 0.6 is 0 Å². The Kier molecular flexibility index (Phi) is 6.16. The van der Waals surface area contributed by atoms with E-state index in [1.54, 1.807) is 6.07 Å². The minimum absolute atomic E-state index is 0.112. The third kappa shape index (κ3) is 4.05. The second-order valence-corrected chi connectivity index (χ2v) is 5.51. The summed E-state index contributed by atoms with van der Waals surface area (Å²) in [7, 11) is 0. The molecule has 5 N–H and O–H groups in total. The van der Waals surface area contributed by atoms with E-state index >= 15 is 0 Å². The van der Waals surface area contributed by atoms with E-state index in [2.05, 4.69) is 34.6 Å². The molecule has 0 aliphatic carbocycles. The SMILES string of the molecule is CCC(CC)(CO)CNc1cc(NN)nc(C(C)C)n1. The molecular weight excluding hydrogens is 254 g/mol. The van der Waals surface area contributed by atoms with Gasteiger partial charge in [0.25, 0.3) is 0 Å². The number of hydrogen-bond acceptors (Lipinski definition) is 6. The Bertz CT molecular complexity index is 410. The van der Waals surface area contributed by atoms with E-state index in [4.69, 9.17) is 5.84 Å². The van der Waals surface area contributed by atoms with Crippen LogP contribution in [0.4, 0.5) is 11.6 Å². The minimum atomic E-state index is -0.112. The summed E-state index contributed by atoms with van der Waals surface area (Å²) >= 11 is 0. The summed E-state index contributed by atoms with van der Waals surface area (Å²) in [4.78, 5) is 8.81. The van der Waals surface area contributed by atoms with Crippen molar-refractivity contribution in [2.24, 2.45) is 11.3 Å². The Morgan fingerprint density at radius 3 is 2.30 bits per heavy atom. The summed E-state index contributed by atoms with van der Waals surface area (Å²) in [5.41, 5.74) is 2.45. The Balaban J connectivity index is 2.89. The first-order valence-corrected chi connectivity index (χ1v) is 7.20. The number of nitrogens with two attached hydrogens (primary N) is 1. The van der Waals surface area contributed by atoms with Crippen LogP contribution in [-0.4, -0.2) is 28.2 Å². The standard InChI is InChI=1S/C14H27N5O/c1-5-14(6-2,9-20)8-16-11-7-12(19-15)18-13(17-11)10(3)4/h7,10,20H,5-6,8-9,15H2,1-4H3,(H2,16,17,18,19). The molecule has 0 aliphatic rings. The lowest BCUT2D eigenvalue weighted by Crippen LogP contribution is -2.32. The molecule has 6 heteroatoms. The van der Waals surface area contributed by atoms with Crippen LogP contribution in [0.2, 0.25) is 0 Å². The maximum Gasteiger partial charge on any atom is 0.145 e. The van der Waals surface area contributed by atoms with E-state index in [-0.39, 0.29) is 17.9 Å². The summed E-state index contributed by atoms with van der Waals surface area (Å²) in [6.45, 7) is 9.10. The van der Waals surface area contributed by atoms with E-state index in [9.17, 15) is 5.11 Å². The quantitative estimate of drug-likeness (QED) is 0.430. The number of hydrazine groups is 1. The van der Waals surface area contributed by atoms with Crippen molar-refractivity contribution >= 4 is 11.6 Å². The van der Waals surface area contributed by atoms with Crippen molar-refractivity contribution in [3.05, 3.63) is 11.9 Å². The zero-order valence-corrected chi connectivity index (χ0v) is 12.9. The third-order valence-electron chi connectivity index (χ3n) is 3.89. The van der Waals surface area contributed by atoms with Crippen LogP contribution in [0, 0.1) is 5.41 Å². The number of hydrogen-bond donors (Lipinski definition) is 4. The summed E-state index contributed by atoms with van der Waals surface area (Å²) < 4.78 is 0. The first-order chi connectivity index (χ1) is 9.50. The van der Waals surface area contributed by atoms with Crippen molar-refractivity contribution in [3.8, 4) is 0 Å². The topological polar surface area (TPSA) is 96.1 Å². The predicted molar refractivity (Wildman–Crippen MR) is 82.5 cm³/mol. The molecular formula is C14H27N5O. The fraction of sp³-hybridized carbons (Fsp3) is 0.714. The second kappa shape index (κ2) is 7.40. The van der Waals surface area contributed by atoms with Crippen molar-refractivity contribution in [1.82, 2.24) is 9.97 Å². The molecule has 114 valence electrons. The highest BCUT2D eigenvalue weighted by atomic mass is 16.3. The highest BCUT2D eigenvalue weighted by molar-refractivity contribution is 5.47. The number of nitrogens with one attached hydrogen (secondary N) is 2. The molecule has 20 heavy (non-hydrogen) atoms. The summed E-state index contributed by atoms with van der Waals surface area (Å²) in [6.07, 6.45) is 1.83. The van der Waals surface area contributed by atoms with Gasteiger partial charge in [-0.1, -0.05) is 27.7 Å². The van der Waals surface area contributed by atoms with Gasteiger partial charge in [-0.2, -0.15) is 0 Å². The van der Waals surface area contributed by atoms with Gasteiger partial charge in [0.05, 0.1) is 6.61 Å². The summed E-state index contributed by atoms with van der Waals surface area (Å²) in [5, 5.41) is 12.9. The number of nitrogen functional groups attached to an aromatic ring is 1. The molecule has 0 unspecified atom stereocenters. The monoisotopic (exact) mass is 281 g/mol. The zero-order chi connectivity index (χ0) is 15.2. The molecule has 0 spiro atoms. The summed E-state index contributed by atoms with van der Waals surface area (Å²) in [6, 6.07) is 1.78. The van der Waals surface area contributed by atoms with Crippen LogP contribution in [0.15, 0.2) is 6.07 Å². The third-order valence-corrected chi connectivity index (χ3v) is 3.89. The van der Waals surface area contributed by atoms with E-state index in [1.807, 2.05) is 13.8 Å². The lowest BCUT2D eigenvalue weighted by Gasteiger charge is -2.29. The molecule has 0 bridgehead atoms. The van der Waals surface area contributed by atoms with Crippen molar-refractivity contribution in [2.75, 3.05) is 23.9 Å². The lowest BCUT2D eigenvalue weighted by atomic mass is 9.83. The normalized spacial score (nSPS) is 11.8. The average Bonchev–Trinajstić information content (AvgIpc) is 2.48. The molecule has 0 aromatic carbocycles. The maximum absolute atomic E-state index is 9.59. The van der Waals surface area contributed by atoms with Gasteiger partial charge in [0.2, 0.25) is 0 Å². The van der Waals surface area contributed by atoms with E-state index in [1.165, 1.54) is 0 Å². The largest absolute Gasteiger partial charge is 0.396 e. The van der Waals surface area contributed by atoms with Gasteiger partial charge < -0.3 is 15.8 Å². The van der Waals surface area contributed by atoms with Crippen molar-refractivity contribution in [1.29, 1.82) is 0 Å². The minimum Gasteiger partial charge on any atom is -0.396 e. The highest BCUT2D eigenvalue weighted by Gasteiger charge is 2.25. The Hall–Kier alpha value is -1.40. The van der Waals surface area contributed by atoms with Gasteiger partial charge in [0, 0.05) is 23.9 Å². The van der Waals surface area contributed by atoms with Gasteiger partial charge in [-0.25, -0.2) is 15.8 Å². The molecule has 0 atom stereocenters. The lowest BCUT2D eigenvalue weighted by molar-refractivity contribution is 0.127. The molecule has 0 saturated carbocycles. The number of anilines is 2. The number of aliphatic hydroxyl groups is 1. The molecule has 0 fully saturated rings. The van der Waals surface area contributed by atoms with Crippen LogP contribution in [0.1, 0.15) is 52.3 Å². The average molecular weight is 281 g/mol. The molecule has 0 radical (unpaired) electrons. The molecule has 0 saturated heterocycles.